The van der Waals surface area contributed by atoms with Crippen molar-refractivity contribution in [2.75, 3.05) is 5.32 Å². The molecule has 0 heterocycles. The smallest absolute Gasteiger partial charge is 0.416 e. The van der Waals surface area contributed by atoms with E-state index in [2.05, 4.69) is 5.32 Å². The molecule has 0 saturated carbocycles. The fraction of sp³-hybridized carbons (Fsp3) is 0.333. The fourth-order valence-electron chi connectivity index (χ4n) is 1.42. The SMILES string of the molecule is NC(CCC(=O)O)C(=O)Nc1cccc(C(F)(F)F)c1. The second-order valence-electron chi connectivity index (χ2n) is 4.11. The lowest BCUT2D eigenvalue weighted by molar-refractivity contribution is -0.138. The van der Waals surface area contributed by atoms with Crippen LogP contribution in [0.25, 0.3) is 0 Å². The van der Waals surface area contributed by atoms with Crippen LogP contribution in [0.1, 0.15) is 18.4 Å². The predicted molar refractivity (Wildman–Crippen MR) is 64.9 cm³/mol. The van der Waals surface area contributed by atoms with Gasteiger partial charge in [-0.2, -0.15) is 13.2 Å². The summed E-state index contributed by atoms with van der Waals surface area (Å²) < 4.78 is 37.4. The number of amides is 1. The number of anilines is 1. The lowest BCUT2D eigenvalue weighted by Gasteiger charge is -2.13. The van der Waals surface area contributed by atoms with Crippen molar-refractivity contribution in [3.05, 3.63) is 29.8 Å². The highest BCUT2D eigenvalue weighted by molar-refractivity contribution is 5.94. The molecule has 110 valence electrons. The maximum Gasteiger partial charge on any atom is 0.416 e. The van der Waals surface area contributed by atoms with Gasteiger partial charge in [0.2, 0.25) is 5.91 Å². The zero-order valence-corrected chi connectivity index (χ0v) is 10.3. The van der Waals surface area contributed by atoms with Crippen LogP contribution in [0, 0.1) is 0 Å². The van der Waals surface area contributed by atoms with E-state index in [0.29, 0.717) is 0 Å². The van der Waals surface area contributed by atoms with E-state index in [0.717, 1.165) is 18.2 Å². The molecule has 8 heteroatoms. The van der Waals surface area contributed by atoms with Crippen molar-refractivity contribution in [3.63, 3.8) is 0 Å². The maximum atomic E-state index is 12.5. The molecule has 1 atom stereocenters. The molecule has 0 aliphatic heterocycles. The summed E-state index contributed by atoms with van der Waals surface area (Å²) in [6.07, 6.45) is -4.90. The van der Waals surface area contributed by atoms with Gasteiger partial charge >= 0.3 is 12.1 Å². The van der Waals surface area contributed by atoms with E-state index in [1.807, 2.05) is 0 Å². The molecule has 1 amide bonds. The van der Waals surface area contributed by atoms with E-state index >= 15 is 0 Å². The van der Waals surface area contributed by atoms with E-state index in [-0.39, 0.29) is 18.5 Å². The van der Waals surface area contributed by atoms with Gasteiger partial charge in [0.1, 0.15) is 0 Å². The molecule has 1 rings (SSSR count). The molecule has 0 radical (unpaired) electrons. The van der Waals surface area contributed by atoms with Crippen molar-refractivity contribution in [3.8, 4) is 0 Å². The summed E-state index contributed by atoms with van der Waals surface area (Å²) in [5, 5.41) is 10.7. The molecule has 0 aliphatic rings. The van der Waals surface area contributed by atoms with Gasteiger partial charge in [-0.25, -0.2) is 0 Å². The third-order valence-corrected chi connectivity index (χ3v) is 2.46. The first-order valence-corrected chi connectivity index (χ1v) is 5.65. The van der Waals surface area contributed by atoms with Crippen molar-refractivity contribution < 1.29 is 27.9 Å². The van der Waals surface area contributed by atoms with E-state index in [1.54, 1.807) is 0 Å². The van der Waals surface area contributed by atoms with Crippen LogP contribution in [-0.4, -0.2) is 23.0 Å². The lowest BCUT2D eigenvalue weighted by Crippen LogP contribution is -2.36. The number of alkyl halides is 3. The molecule has 1 aromatic carbocycles. The van der Waals surface area contributed by atoms with Crippen molar-refractivity contribution in [2.45, 2.75) is 25.1 Å². The van der Waals surface area contributed by atoms with E-state index in [1.165, 1.54) is 6.07 Å². The van der Waals surface area contributed by atoms with Gasteiger partial charge < -0.3 is 16.2 Å². The number of aliphatic carboxylic acids is 1. The predicted octanol–water partition coefficient (Wildman–Crippen LogP) is 1.84. The monoisotopic (exact) mass is 290 g/mol. The second-order valence-corrected chi connectivity index (χ2v) is 4.11. The Labute approximate surface area is 112 Å². The Morgan fingerprint density at radius 2 is 2.00 bits per heavy atom. The molecule has 5 nitrogen and oxygen atoms in total. The van der Waals surface area contributed by atoms with Crippen LogP contribution < -0.4 is 11.1 Å². The van der Waals surface area contributed by atoms with Gasteiger partial charge in [0.15, 0.2) is 0 Å². The average molecular weight is 290 g/mol. The minimum absolute atomic E-state index is 0.0457. The first kappa shape index (κ1) is 16.0. The number of hydrogen-bond donors (Lipinski definition) is 3. The second kappa shape index (κ2) is 6.38. The number of carboxylic acid groups (broad SMARTS) is 1. The summed E-state index contributed by atoms with van der Waals surface area (Å²) >= 11 is 0. The minimum Gasteiger partial charge on any atom is -0.481 e. The number of carbonyl (C=O) groups excluding carboxylic acids is 1. The van der Waals surface area contributed by atoms with Gasteiger partial charge in [-0.15, -0.1) is 0 Å². The quantitative estimate of drug-likeness (QED) is 0.771. The Balaban J connectivity index is 2.69. The molecule has 0 aliphatic carbocycles. The van der Waals surface area contributed by atoms with E-state index in [9.17, 15) is 22.8 Å². The lowest BCUT2D eigenvalue weighted by atomic mass is 10.1. The number of nitrogens with one attached hydrogen (secondary N) is 1. The number of benzene rings is 1. The van der Waals surface area contributed by atoms with Crippen molar-refractivity contribution in [1.82, 2.24) is 0 Å². The molecule has 4 N–H and O–H groups in total. The van der Waals surface area contributed by atoms with Crippen LogP contribution in [0.2, 0.25) is 0 Å². The highest BCUT2D eigenvalue weighted by atomic mass is 19.4. The molecule has 0 aromatic heterocycles. The number of carboxylic acids is 1. The van der Waals surface area contributed by atoms with Crippen molar-refractivity contribution in [2.24, 2.45) is 5.73 Å². The zero-order chi connectivity index (χ0) is 15.3. The van der Waals surface area contributed by atoms with E-state index in [4.69, 9.17) is 10.8 Å². The zero-order valence-electron chi connectivity index (χ0n) is 10.3. The largest absolute Gasteiger partial charge is 0.481 e. The van der Waals surface area contributed by atoms with Crippen LogP contribution in [0.5, 0.6) is 0 Å². The molecular formula is C12H13F3N2O3. The van der Waals surface area contributed by atoms with Crippen LogP contribution in [0.4, 0.5) is 18.9 Å². The molecule has 0 spiro atoms. The van der Waals surface area contributed by atoms with Gasteiger partial charge in [-0.1, -0.05) is 6.07 Å². The Morgan fingerprint density at radius 3 is 2.55 bits per heavy atom. The first-order valence-electron chi connectivity index (χ1n) is 5.65. The number of halogens is 3. The number of carbonyl (C=O) groups is 2. The van der Waals surface area contributed by atoms with Crippen LogP contribution in [0.15, 0.2) is 24.3 Å². The highest BCUT2D eigenvalue weighted by Crippen LogP contribution is 2.30. The molecule has 0 saturated heterocycles. The number of hydrogen-bond acceptors (Lipinski definition) is 3. The topological polar surface area (TPSA) is 92.4 Å². The summed E-state index contributed by atoms with van der Waals surface area (Å²) in [5.74, 6) is -1.84. The Hall–Kier alpha value is -2.09. The fourth-order valence-corrected chi connectivity index (χ4v) is 1.42. The third kappa shape index (κ3) is 4.88. The first-order chi connectivity index (χ1) is 9.20. The van der Waals surface area contributed by atoms with Crippen LogP contribution in [-0.2, 0) is 15.8 Å². The van der Waals surface area contributed by atoms with Gasteiger partial charge in [-0.3, -0.25) is 9.59 Å². The summed E-state index contributed by atoms with van der Waals surface area (Å²) in [4.78, 5) is 21.9. The third-order valence-electron chi connectivity index (χ3n) is 2.46. The van der Waals surface area contributed by atoms with Crippen molar-refractivity contribution in [1.29, 1.82) is 0 Å². The number of nitrogens with two attached hydrogens (primary N) is 1. The molecule has 20 heavy (non-hydrogen) atoms. The van der Waals surface area contributed by atoms with Gasteiger partial charge in [-0.05, 0) is 24.6 Å². The molecule has 0 fully saturated rings. The van der Waals surface area contributed by atoms with E-state index < -0.39 is 29.7 Å². The van der Waals surface area contributed by atoms with Crippen molar-refractivity contribution >= 4 is 17.6 Å². The van der Waals surface area contributed by atoms with Gasteiger partial charge in [0.05, 0.1) is 11.6 Å². The molecule has 0 bridgehead atoms. The van der Waals surface area contributed by atoms with Gasteiger partial charge in [0, 0.05) is 12.1 Å². The maximum absolute atomic E-state index is 12.5. The van der Waals surface area contributed by atoms with Gasteiger partial charge in [0.25, 0.3) is 0 Å². The summed E-state index contributed by atoms with van der Waals surface area (Å²) in [7, 11) is 0. The standard InChI is InChI=1S/C12H13F3N2O3/c13-12(14,15)7-2-1-3-8(6-7)17-11(20)9(16)4-5-10(18)19/h1-3,6,9H,4-5,16H2,(H,17,20)(H,18,19). The molecular weight excluding hydrogens is 277 g/mol. The highest BCUT2D eigenvalue weighted by Gasteiger charge is 2.30. The normalized spacial score (nSPS) is 12.8. The minimum atomic E-state index is -4.51. The van der Waals surface area contributed by atoms with Crippen LogP contribution in [0.3, 0.4) is 0 Å². The summed E-state index contributed by atoms with van der Waals surface area (Å²) in [5.41, 5.74) is 4.50. The summed E-state index contributed by atoms with van der Waals surface area (Å²) in [6, 6.07) is 3.00. The Morgan fingerprint density at radius 1 is 1.35 bits per heavy atom. The molecule has 1 unspecified atom stereocenters. The number of rotatable bonds is 5. The Kier molecular flexibility index (Phi) is 5.09. The van der Waals surface area contributed by atoms with Crippen LogP contribution >= 0.6 is 0 Å². The summed E-state index contributed by atoms with van der Waals surface area (Å²) in [6.45, 7) is 0. The average Bonchev–Trinajstić information content (AvgIpc) is 2.35. The Bertz CT molecular complexity index is 503. The molecule has 1 aromatic rings.